The van der Waals surface area contributed by atoms with Crippen molar-refractivity contribution >= 4 is 5.69 Å². The van der Waals surface area contributed by atoms with Gasteiger partial charge >= 0.3 is 6.18 Å². The van der Waals surface area contributed by atoms with E-state index in [9.17, 15) is 13.2 Å². The molecule has 0 aliphatic heterocycles. The minimum absolute atomic E-state index is 0.269. The van der Waals surface area contributed by atoms with Crippen LogP contribution in [-0.4, -0.2) is 6.04 Å². The van der Waals surface area contributed by atoms with Crippen molar-refractivity contribution in [3.05, 3.63) is 41.5 Å². The Morgan fingerprint density at radius 1 is 1.26 bits per heavy atom. The van der Waals surface area contributed by atoms with E-state index in [4.69, 9.17) is 0 Å². The Morgan fingerprint density at radius 2 is 2.05 bits per heavy atom. The summed E-state index contributed by atoms with van der Waals surface area (Å²) in [5.74, 6) is 1.20. The second kappa shape index (κ2) is 4.29. The highest BCUT2D eigenvalue weighted by Crippen LogP contribution is 2.44. The lowest BCUT2D eigenvalue weighted by Gasteiger charge is -2.41. The number of hydrogen-bond donors (Lipinski definition) is 1. The highest BCUT2D eigenvalue weighted by molar-refractivity contribution is 5.51. The van der Waals surface area contributed by atoms with Gasteiger partial charge in [-0.3, -0.25) is 0 Å². The highest BCUT2D eigenvalue weighted by atomic mass is 19.4. The molecule has 1 fully saturated rings. The molecule has 19 heavy (non-hydrogen) atoms. The fraction of sp³-hybridized carbons (Fsp3) is 0.467. The lowest BCUT2D eigenvalue weighted by molar-refractivity contribution is -0.138. The van der Waals surface area contributed by atoms with E-state index in [-0.39, 0.29) is 11.6 Å². The predicted molar refractivity (Wildman–Crippen MR) is 68.9 cm³/mol. The Kier molecular flexibility index (Phi) is 2.84. The summed E-state index contributed by atoms with van der Waals surface area (Å²) in [6.45, 7) is 1.49. The molecule has 2 aliphatic carbocycles. The molecule has 3 atom stereocenters. The van der Waals surface area contributed by atoms with Gasteiger partial charge in [0.15, 0.2) is 0 Å². The summed E-state index contributed by atoms with van der Waals surface area (Å²) >= 11 is 0. The van der Waals surface area contributed by atoms with Gasteiger partial charge in [-0.15, -0.1) is 0 Å². The Hall–Kier alpha value is -1.45. The van der Waals surface area contributed by atoms with E-state index < -0.39 is 11.7 Å². The molecule has 0 saturated heterocycles. The van der Waals surface area contributed by atoms with Crippen LogP contribution in [0.15, 0.2) is 30.4 Å². The maximum atomic E-state index is 12.8. The van der Waals surface area contributed by atoms with Gasteiger partial charge in [0.25, 0.3) is 0 Å². The molecule has 0 aromatic heterocycles. The quantitative estimate of drug-likeness (QED) is 0.784. The summed E-state index contributed by atoms with van der Waals surface area (Å²) in [6, 6.07) is 4.77. The second-order valence-corrected chi connectivity index (χ2v) is 5.52. The first-order valence-electron chi connectivity index (χ1n) is 6.56. The number of alkyl halides is 3. The summed E-state index contributed by atoms with van der Waals surface area (Å²) in [5.41, 5.74) is 0.294. The number of nitrogens with one attached hydrogen (secondary N) is 1. The predicted octanol–water partition coefficient (Wildman–Crippen LogP) is 4.39. The van der Waals surface area contributed by atoms with E-state index in [1.165, 1.54) is 19.1 Å². The van der Waals surface area contributed by atoms with Crippen molar-refractivity contribution in [2.75, 3.05) is 5.32 Å². The number of aryl methyl sites for hydroxylation is 1. The topological polar surface area (TPSA) is 12.0 Å². The maximum Gasteiger partial charge on any atom is 0.416 e. The average molecular weight is 267 g/mol. The van der Waals surface area contributed by atoms with Gasteiger partial charge in [0.05, 0.1) is 5.56 Å². The number of benzene rings is 1. The molecule has 4 heteroatoms. The Balaban J connectivity index is 1.77. The van der Waals surface area contributed by atoms with Gasteiger partial charge in [0.1, 0.15) is 0 Å². The summed E-state index contributed by atoms with van der Waals surface area (Å²) < 4.78 is 38.5. The third kappa shape index (κ3) is 2.24. The van der Waals surface area contributed by atoms with Crippen LogP contribution in [0.25, 0.3) is 0 Å². The molecule has 3 unspecified atom stereocenters. The van der Waals surface area contributed by atoms with E-state index in [2.05, 4.69) is 17.5 Å². The maximum absolute atomic E-state index is 12.8. The molecule has 3 rings (SSSR count). The monoisotopic (exact) mass is 267 g/mol. The van der Waals surface area contributed by atoms with Crippen LogP contribution in [0.5, 0.6) is 0 Å². The first-order valence-corrected chi connectivity index (χ1v) is 6.56. The largest absolute Gasteiger partial charge is 0.416 e. The van der Waals surface area contributed by atoms with Crippen molar-refractivity contribution in [3.8, 4) is 0 Å². The zero-order valence-corrected chi connectivity index (χ0v) is 10.7. The van der Waals surface area contributed by atoms with Gasteiger partial charge in [0.2, 0.25) is 0 Å². The number of halogens is 3. The Bertz CT molecular complexity index is 519. The van der Waals surface area contributed by atoms with Crippen LogP contribution in [0.1, 0.15) is 24.0 Å². The van der Waals surface area contributed by atoms with E-state index >= 15 is 0 Å². The number of allylic oxidation sites excluding steroid dienone is 1. The second-order valence-electron chi connectivity index (χ2n) is 5.52. The first-order chi connectivity index (χ1) is 8.95. The van der Waals surface area contributed by atoms with Crippen molar-refractivity contribution < 1.29 is 13.2 Å². The average Bonchev–Trinajstić information content (AvgIpc) is 2.68. The molecule has 1 saturated carbocycles. The van der Waals surface area contributed by atoms with Gasteiger partial charge in [-0.2, -0.15) is 13.2 Å². The number of fused-ring (bicyclic) bond motifs is 1. The molecule has 0 bridgehead atoms. The zero-order valence-electron chi connectivity index (χ0n) is 10.7. The molecular formula is C15H16F3N. The van der Waals surface area contributed by atoms with Gasteiger partial charge in [0, 0.05) is 17.6 Å². The Morgan fingerprint density at radius 3 is 2.74 bits per heavy atom. The van der Waals surface area contributed by atoms with Gasteiger partial charge < -0.3 is 5.32 Å². The molecule has 2 aliphatic rings. The van der Waals surface area contributed by atoms with E-state index in [1.54, 1.807) is 6.07 Å². The molecule has 0 amide bonds. The van der Waals surface area contributed by atoms with Crippen LogP contribution in [-0.2, 0) is 6.18 Å². The van der Waals surface area contributed by atoms with Crippen molar-refractivity contribution in [3.63, 3.8) is 0 Å². The van der Waals surface area contributed by atoms with Crippen LogP contribution in [0.4, 0.5) is 18.9 Å². The molecule has 1 N–H and O–H groups in total. The van der Waals surface area contributed by atoms with Crippen molar-refractivity contribution in [2.24, 2.45) is 11.8 Å². The molecule has 0 heterocycles. The fourth-order valence-electron chi connectivity index (χ4n) is 3.11. The van der Waals surface area contributed by atoms with Crippen molar-refractivity contribution in [2.45, 2.75) is 32.0 Å². The van der Waals surface area contributed by atoms with Gasteiger partial charge in [-0.05, 0) is 43.4 Å². The zero-order chi connectivity index (χ0) is 13.6. The third-order valence-electron chi connectivity index (χ3n) is 4.26. The lowest BCUT2D eigenvalue weighted by atomic mass is 9.71. The SMILES string of the molecule is Cc1ccc(NC2CC3CC=CC32)cc1C(F)(F)F. The van der Waals surface area contributed by atoms with E-state index in [0.717, 1.165) is 12.8 Å². The minimum Gasteiger partial charge on any atom is -0.382 e. The Labute approximate surface area is 110 Å². The summed E-state index contributed by atoms with van der Waals surface area (Å²) in [7, 11) is 0. The minimum atomic E-state index is -4.28. The first kappa shape index (κ1) is 12.6. The van der Waals surface area contributed by atoms with Crippen LogP contribution < -0.4 is 5.32 Å². The van der Waals surface area contributed by atoms with Crippen LogP contribution >= 0.6 is 0 Å². The van der Waals surface area contributed by atoms with E-state index in [1.807, 2.05) is 0 Å². The van der Waals surface area contributed by atoms with Crippen LogP contribution in [0.3, 0.4) is 0 Å². The molecule has 0 radical (unpaired) electrons. The summed E-state index contributed by atoms with van der Waals surface area (Å²) in [4.78, 5) is 0. The normalized spacial score (nSPS) is 28.9. The number of hydrogen-bond acceptors (Lipinski definition) is 1. The smallest absolute Gasteiger partial charge is 0.382 e. The molecule has 102 valence electrons. The van der Waals surface area contributed by atoms with Crippen LogP contribution in [0.2, 0.25) is 0 Å². The number of anilines is 1. The van der Waals surface area contributed by atoms with E-state index in [0.29, 0.717) is 17.5 Å². The standard InChI is InChI=1S/C15H16F3N/c1-9-5-6-11(8-13(9)15(16,17)18)19-14-7-10-3-2-4-12(10)14/h2,4-6,8,10,12,14,19H,3,7H2,1H3. The van der Waals surface area contributed by atoms with Crippen LogP contribution in [0, 0.1) is 18.8 Å². The van der Waals surface area contributed by atoms with Gasteiger partial charge in [-0.25, -0.2) is 0 Å². The van der Waals surface area contributed by atoms with Crippen molar-refractivity contribution in [1.82, 2.24) is 0 Å². The molecule has 1 nitrogen and oxygen atoms in total. The third-order valence-corrected chi connectivity index (χ3v) is 4.26. The highest BCUT2D eigenvalue weighted by Gasteiger charge is 2.41. The fourth-order valence-corrected chi connectivity index (χ4v) is 3.11. The van der Waals surface area contributed by atoms with Gasteiger partial charge in [-0.1, -0.05) is 18.2 Å². The summed E-state index contributed by atoms with van der Waals surface area (Å²) in [6.07, 6.45) is 2.24. The van der Waals surface area contributed by atoms with Crippen molar-refractivity contribution in [1.29, 1.82) is 0 Å². The molecular weight excluding hydrogens is 251 g/mol. The number of rotatable bonds is 2. The summed E-state index contributed by atoms with van der Waals surface area (Å²) in [5, 5.41) is 3.24. The molecule has 0 spiro atoms. The lowest BCUT2D eigenvalue weighted by Crippen LogP contribution is -2.43. The molecule has 1 aromatic rings. The molecule has 1 aromatic carbocycles.